The average Bonchev–Trinajstić information content (AvgIpc) is 3.04. The van der Waals surface area contributed by atoms with Crippen molar-refractivity contribution in [3.63, 3.8) is 0 Å². The predicted molar refractivity (Wildman–Crippen MR) is 100 cm³/mol. The summed E-state index contributed by atoms with van der Waals surface area (Å²) in [6.07, 6.45) is 1.27. The molecule has 2 N–H and O–H groups in total. The SMILES string of the molecule is C[C@@H](OC(=O)Cc1coc2cc(O)ccc12)C(=O)NCCc1ccccc1. The van der Waals surface area contributed by atoms with Crippen molar-refractivity contribution < 1.29 is 23.8 Å². The highest BCUT2D eigenvalue weighted by molar-refractivity contribution is 5.88. The number of carbonyl (C=O) groups excluding carboxylic acids is 2. The first kappa shape index (κ1) is 18.5. The van der Waals surface area contributed by atoms with Crippen LogP contribution in [-0.2, 0) is 27.2 Å². The third-order valence-corrected chi connectivity index (χ3v) is 4.21. The van der Waals surface area contributed by atoms with Crippen LogP contribution in [0.1, 0.15) is 18.1 Å². The molecule has 0 saturated carbocycles. The first-order valence-corrected chi connectivity index (χ1v) is 8.73. The molecule has 0 saturated heterocycles. The zero-order chi connectivity index (χ0) is 19.2. The fourth-order valence-corrected chi connectivity index (χ4v) is 2.78. The molecule has 1 atom stereocenters. The van der Waals surface area contributed by atoms with Gasteiger partial charge in [0.2, 0.25) is 0 Å². The maximum absolute atomic E-state index is 12.1. The number of hydrogen-bond donors (Lipinski definition) is 2. The van der Waals surface area contributed by atoms with Crippen molar-refractivity contribution in [3.8, 4) is 5.75 Å². The van der Waals surface area contributed by atoms with Gasteiger partial charge in [0.05, 0.1) is 12.7 Å². The van der Waals surface area contributed by atoms with Crippen molar-refractivity contribution in [2.75, 3.05) is 6.54 Å². The van der Waals surface area contributed by atoms with Crippen molar-refractivity contribution in [1.82, 2.24) is 5.32 Å². The molecule has 3 aromatic rings. The van der Waals surface area contributed by atoms with E-state index in [1.807, 2.05) is 30.3 Å². The van der Waals surface area contributed by atoms with Crippen LogP contribution in [0.25, 0.3) is 11.0 Å². The molecule has 27 heavy (non-hydrogen) atoms. The molecule has 0 radical (unpaired) electrons. The Morgan fingerprint density at radius 2 is 1.96 bits per heavy atom. The van der Waals surface area contributed by atoms with Gasteiger partial charge in [0, 0.05) is 23.6 Å². The van der Waals surface area contributed by atoms with E-state index in [0.29, 0.717) is 24.1 Å². The van der Waals surface area contributed by atoms with E-state index >= 15 is 0 Å². The van der Waals surface area contributed by atoms with Crippen molar-refractivity contribution >= 4 is 22.8 Å². The summed E-state index contributed by atoms with van der Waals surface area (Å²) in [7, 11) is 0. The standard InChI is InChI=1S/C21H21NO5/c1-14(21(25)22-10-9-15-5-3-2-4-6-15)27-20(24)11-16-13-26-19-12-17(23)7-8-18(16)19/h2-8,12-14,23H,9-11H2,1H3,(H,22,25)/t14-/m1/s1. The lowest BCUT2D eigenvalue weighted by Gasteiger charge is -2.13. The van der Waals surface area contributed by atoms with E-state index < -0.39 is 12.1 Å². The van der Waals surface area contributed by atoms with Crippen LogP contribution in [0.4, 0.5) is 0 Å². The van der Waals surface area contributed by atoms with Crippen molar-refractivity contribution in [2.24, 2.45) is 0 Å². The second kappa shape index (κ2) is 8.40. The lowest BCUT2D eigenvalue weighted by atomic mass is 10.1. The molecular weight excluding hydrogens is 346 g/mol. The van der Waals surface area contributed by atoms with E-state index in [1.165, 1.54) is 18.4 Å². The average molecular weight is 367 g/mol. The van der Waals surface area contributed by atoms with Crippen molar-refractivity contribution in [1.29, 1.82) is 0 Å². The second-order valence-corrected chi connectivity index (χ2v) is 6.28. The summed E-state index contributed by atoms with van der Waals surface area (Å²) in [5.74, 6) is -0.760. The van der Waals surface area contributed by atoms with E-state index in [0.717, 1.165) is 10.9 Å². The number of benzene rings is 2. The fourth-order valence-electron chi connectivity index (χ4n) is 2.78. The van der Waals surface area contributed by atoms with Crippen LogP contribution in [0.3, 0.4) is 0 Å². The number of furan rings is 1. The molecule has 140 valence electrons. The number of amides is 1. The van der Waals surface area contributed by atoms with Gasteiger partial charge in [-0.3, -0.25) is 9.59 Å². The normalized spacial score (nSPS) is 11.9. The Hall–Kier alpha value is -3.28. The summed E-state index contributed by atoms with van der Waals surface area (Å²) >= 11 is 0. The molecule has 1 heterocycles. The number of hydrogen-bond acceptors (Lipinski definition) is 5. The minimum Gasteiger partial charge on any atom is -0.508 e. The van der Waals surface area contributed by atoms with Gasteiger partial charge in [0.25, 0.3) is 5.91 Å². The molecule has 3 rings (SSSR count). The van der Waals surface area contributed by atoms with Gasteiger partial charge in [-0.2, -0.15) is 0 Å². The molecule has 0 spiro atoms. The molecule has 0 aliphatic rings. The maximum atomic E-state index is 12.1. The molecule has 1 amide bonds. The van der Waals surface area contributed by atoms with Crippen LogP contribution in [0.2, 0.25) is 0 Å². The van der Waals surface area contributed by atoms with E-state index in [9.17, 15) is 14.7 Å². The van der Waals surface area contributed by atoms with Gasteiger partial charge in [-0.1, -0.05) is 30.3 Å². The molecule has 2 aromatic carbocycles. The number of fused-ring (bicyclic) bond motifs is 1. The summed E-state index contributed by atoms with van der Waals surface area (Å²) < 4.78 is 10.6. The summed E-state index contributed by atoms with van der Waals surface area (Å²) in [5.41, 5.74) is 2.26. The summed E-state index contributed by atoms with van der Waals surface area (Å²) in [4.78, 5) is 24.2. The van der Waals surface area contributed by atoms with Crippen LogP contribution in [0.15, 0.2) is 59.2 Å². The minimum atomic E-state index is -0.879. The minimum absolute atomic E-state index is 0.0145. The van der Waals surface area contributed by atoms with E-state index in [1.54, 1.807) is 13.0 Å². The van der Waals surface area contributed by atoms with Crippen LogP contribution in [-0.4, -0.2) is 29.6 Å². The number of phenolic OH excluding ortho intramolecular Hbond substituents is 1. The molecular formula is C21H21NO5. The molecule has 0 fully saturated rings. The van der Waals surface area contributed by atoms with E-state index in [2.05, 4.69) is 5.32 Å². The monoisotopic (exact) mass is 367 g/mol. The van der Waals surface area contributed by atoms with Crippen LogP contribution >= 0.6 is 0 Å². The first-order chi connectivity index (χ1) is 13.0. The second-order valence-electron chi connectivity index (χ2n) is 6.28. The highest BCUT2D eigenvalue weighted by atomic mass is 16.5. The smallest absolute Gasteiger partial charge is 0.311 e. The molecule has 0 bridgehead atoms. The Morgan fingerprint density at radius 3 is 2.74 bits per heavy atom. The molecule has 1 aromatic heterocycles. The Balaban J connectivity index is 1.48. The molecule has 6 nitrogen and oxygen atoms in total. The van der Waals surface area contributed by atoms with Crippen LogP contribution < -0.4 is 5.32 Å². The Labute approximate surface area is 156 Å². The third-order valence-electron chi connectivity index (χ3n) is 4.21. The highest BCUT2D eigenvalue weighted by Crippen LogP contribution is 2.25. The van der Waals surface area contributed by atoms with Gasteiger partial charge in [-0.15, -0.1) is 0 Å². The van der Waals surface area contributed by atoms with Crippen molar-refractivity contribution in [3.05, 3.63) is 65.9 Å². The summed E-state index contributed by atoms with van der Waals surface area (Å²) in [6.45, 7) is 2.02. The summed E-state index contributed by atoms with van der Waals surface area (Å²) in [5, 5.41) is 12.9. The Morgan fingerprint density at radius 1 is 1.19 bits per heavy atom. The Kier molecular flexibility index (Phi) is 5.76. The van der Waals surface area contributed by atoms with Crippen LogP contribution in [0, 0.1) is 0 Å². The quantitative estimate of drug-likeness (QED) is 0.627. The number of phenols is 1. The van der Waals surface area contributed by atoms with Gasteiger partial charge in [-0.25, -0.2) is 0 Å². The van der Waals surface area contributed by atoms with Gasteiger partial charge < -0.3 is 19.6 Å². The molecule has 6 heteroatoms. The molecule has 0 aliphatic carbocycles. The van der Waals surface area contributed by atoms with Gasteiger partial charge in [-0.05, 0) is 31.0 Å². The maximum Gasteiger partial charge on any atom is 0.311 e. The zero-order valence-corrected chi connectivity index (χ0v) is 15.0. The highest BCUT2D eigenvalue weighted by Gasteiger charge is 2.19. The third kappa shape index (κ3) is 4.88. The lowest BCUT2D eigenvalue weighted by Crippen LogP contribution is -2.37. The topological polar surface area (TPSA) is 88.8 Å². The van der Waals surface area contributed by atoms with Gasteiger partial charge in [0.1, 0.15) is 11.3 Å². The zero-order valence-electron chi connectivity index (χ0n) is 15.0. The fraction of sp³-hybridized carbons (Fsp3) is 0.238. The number of aromatic hydroxyl groups is 1. The number of carbonyl (C=O) groups is 2. The molecule has 0 aliphatic heterocycles. The lowest BCUT2D eigenvalue weighted by molar-refractivity contribution is -0.154. The largest absolute Gasteiger partial charge is 0.508 e. The summed E-state index contributed by atoms with van der Waals surface area (Å²) in [6, 6.07) is 14.5. The van der Waals surface area contributed by atoms with Crippen LogP contribution in [0.5, 0.6) is 5.75 Å². The van der Waals surface area contributed by atoms with Gasteiger partial charge >= 0.3 is 5.97 Å². The molecule has 0 unspecified atom stereocenters. The first-order valence-electron chi connectivity index (χ1n) is 8.73. The number of nitrogens with one attached hydrogen (secondary N) is 1. The number of esters is 1. The Bertz CT molecular complexity index is 932. The van der Waals surface area contributed by atoms with E-state index in [4.69, 9.17) is 9.15 Å². The van der Waals surface area contributed by atoms with E-state index in [-0.39, 0.29) is 18.1 Å². The number of ether oxygens (including phenoxy) is 1. The van der Waals surface area contributed by atoms with Gasteiger partial charge in [0.15, 0.2) is 6.10 Å². The van der Waals surface area contributed by atoms with Crippen molar-refractivity contribution in [2.45, 2.75) is 25.9 Å². The number of rotatable bonds is 7. The predicted octanol–water partition coefficient (Wildman–Crippen LogP) is 2.97.